The van der Waals surface area contributed by atoms with Crippen LogP contribution in [0.15, 0.2) is 164 Å². The molecule has 10 rings (SSSR count). The van der Waals surface area contributed by atoms with Gasteiger partial charge in [0.1, 0.15) is 0 Å². The van der Waals surface area contributed by atoms with E-state index in [9.17, 15) is 0 Å². The van der Waals surface area contributed by atoms with Crippen molar-refractivity contribution in [1.29, 1.82) is 0 Å². The number of benzene rings is 8. The Kier molecular flexibility index (Phi) is 5.98. The molecule has 0 radical (unpaired) electrons. The van der Waals surface area contributed by atoms with Crippen LogP contribution >= 0.6 is 22.7 Å². The van der Waals surface area contributed by atoms with Crippen LogP contribution in [0.25, 0.3) is 73.0 Å². The molecule has 0 N–H and O–H groups in total. The van der Waals surface area contributed by atoms with Gasteiger partial charge in [-0.1, -0.05) is 121 Å². The van der Waals surface area contributed by atoms with Crippen molar-refractivity contribution in [3.63, 3.8) is 0 Å². The van der Waals surface area contributed by atoms with Crippen LogP contribution in [0.5, 0.6) is 0 Å². The number of rotatable bonds is 4. The van der Waals surface area contributed by atoms with Gasteiger partial charge in [0.2, 0.25) is 0 Å². The summed E-state index contributed by atoms with van der Waals surface area (Å²) in [6, 6.07) is 59.9. The average Bonchev–Trinajstić information content (AvgIpc) is 3.71. The highest BCUT2D eigenvalue weighted by atomic mass is 32.1. The van der Waals surface area contributed by atoms with E-state index in [0.29, 0.717) is 0 Å². The second-order valence-electron chi connectivity index (χ2n) is 12.1. The number of anilines is 3. The first kappa shape index (κ1) is 26.7. The van der Waals surface area contributed by atoms with E-state index in [-0.39, 0.29) is 0 Å². The molecule has 2 aromatic heterocycles. The molecule has 10 aromatic rings. The Morgan fingerprint density at radius 3 is 1.85 bits per heavy atom. The number of fused-ring (bicyclic) bond motifs is 10. The molecule has 0 aliphatic rings. The number of hydrogen-bond donors (Lipinski definition) is 0. The maximum atomic E-state index is 2.42. The van der Waals surface area contributed by atoms with E-state index in [1.54, 1.807) is 0 Å². The summed E-state index contributed by atoms with van der Waals surface area (Å²) < 4.78 is 5.38. The summed E-state index contributed by atoms with van der Waals surface area (Å²) in [5.41, 5.74) is 5.91. The Hall–Kier alpha value is -5.48. The topological polar surface area (TPSA) is 3.24 Å². The van der Waals surface area contributed by atoms with Crippen molar-refractivity contribution in [2.75, 3.05) is 4.90 Å². The lowest BCUT2D eigenvalue weighted by Gasteiger charge is -2.27. The molecule has 0 saturated heterocycles. The molecule has 8 aromatic carbocycles. The molecule has 0 aliphatic carbocycles. The van der Waals surface area contributed by atoms with E-state index >= 15 is 0 Å². The number of hydrogen-bond acceptors (Lipinski definition) is 3. The summed E-state index contributed by atoms with van der Waals surface area (Å²) in [4.78, 5) is 2.42. The number of nitrogens with zero attached hydrogens (tertiary/aromatic N) is 1. The highest BCUT2D eigenvalue weighted by Crippen LogP contribution is 2.48. The Labute approximate surface area is 280 Å². The normalized spacial score (nSPS) is 11.8. The maximum absolute atomic E-state index is 2.42. The predicted octanol–water partition coefficient (Wildman–Crippen LogP) is 13.9. The molecule has 0 saturated carbocycles. The minimum Gasteiger partial charge on any atom is -0.310 e. The summed E-state index contributed by atoms with van der Waals surface area (Å²) >= 11 is 3.82. The zero-order chi connectivity index (χ0) is 30.9. The van der Waals surface area contributed by atoms with Crippen molar-refractivity contribution < 1.29 is 0 Å². The standard InChI is InChI=1S/C44H27NS2/c1-2-9-28(10-3-1)29-17-20-32(21-18-29)45(38-16-8-13-30-11-4-6-14-34(30)38)33-22-23-36-41(27-33)46-40-26-24-37-42-35-15-7-5-12-31(35)19-25-39(42)47-44(37)43(36)40/h1-27H. The first-order valence-corrected chi connectivity index (χ1v) is 17.6. The average molecular weight is 634 g/mol. The SMILES string of the molecule is c1ccc(-c2ccc(N(c3ccc4c(c3)sc3ccc5c(sc6ccc7ccccc7c65)c34)c3cccc4ccccc34)cc2)cc1. The largest absolute Gasteiger partial charge is 0.310 e. The van der Waals surface area contributed by atoms with E-state index in [2.05, 4.69) is 169 Å². The molecular formula is C44H27NS2. The molecule has 0 fully saturated rings. The van der Waals surface area contributed by atoms with Crippen LogP contribution in [0.3, 0.4) is 0 Å². The fraction of sp³-hybridized carbons (Fsp3) is 0. The lowest BCUT2D eigenvalue weighted by Crippen LogP contribution is -2.10. The Balaban J connectivity index is 1.18. The fourth-order valence-electron chi connectivity index (χ4n) is 7.26. The third-order valence-corrected chi connectivity index (χ3v) is 11.8. The van der Waals surface area contributed by atoms with Gasteiger partial charge in [-0.05, 0) is 69.8 Å². The lowest BCUT2D eigenvalue weighted by atomic mass is 10.0. The molecule has 0 bridgehead atoms. The summed E-state index contributed by atoms with van der Waals surface area (Å²) in [5.74, 6) is 0. The van der Waals surface area contributed by atoms with Gasteiger partial charge in [-0.15, -0.1) is 22.7 Å². The van der Waals surface area contributed by atoms with E-state index in [1.807, 2.05) is 22.7 Å². The summed E-state index contributed by atoms with van der Waals surface area (Å²) in [7, 11) is 0. The second kappa shape index (κ2) is 10.5. The summed E-state index contributed by atoms with van der Waals surface area (Å²) in [6.45, 7) is 0. The predicted molar refractivity (Wildman–Crippen MR) is 207 cm³/mol. The molecule has 0 aliphatic heterocycles. The molecule has 2 heterocycles. The maximum Gasteiger partial charge on any atom is 0.0540 e. The Morgan fingerprint density at radius 2 is 1.00 bits per heavy atom. The molecule has 0 spiro atoms. The van der Waals surface area contributed by atoms with E-state index in [1.165, 1.54) is 78.7 Å². The van der Waals surface area contributed by atoms with Crippen molar-refractivity contribution in [3.05, 3.63) is 164 Å². The molecule has 47 heavy (non-hydrogen) atoms. The van der Waals surface area contributed by atoms with E-state index in [4.69, 9.17) is 0 Å². The van der Waals surface area contributed by atoms with Gasteiger partial charge in [0.15, 0.2) is 0 Å². The number of thiophene rings is 2. The highest BCUT2D eigenvalue weighted by Gasteiger charge is 2.19. The quantitative estimate of drug-likeness (QED) is 0.186. The highest BCUT2D eigenvalue weighted by molar-refractivity contribution is 7.30. The van der Waals surface area contributed by atoms with Crippen LogP contribution in [0.2, 0.25) is 0 Å². The van der Waals surface area contributed by atoms with Crippen molar-refractivity contribution in [2.24, 2.45) is 0 Å². The van der Waals surface area contributed by atoms with Gasteiger partial charge in [-0.3, -0.25) is 0 Å². The third-order valence-electron chi connectivity index (χ3n) is 9.44. The van der Waals surface area contributed by atoms with Crippen LogP contribution < -0.4 is 4.90 Å². The van der Waals surface area contributed by atoms with Crippen molar-refractivity contribution in [1.82, 2.24) is 0 Å². The minimum absolute atomic E-state index is 1.14. The Bertz CT molecular complexity index is 2780. The molecule has 220 valence electrons. The molecular weight excluding hydrogens is 607 g/mol. The van der Waals surface area contributed by atoms with E-state index < -0.39 is 0 Å². The molecule has 0 unspecified atom stereocenters. The Morgan fingerprint density at radius 1 is 0.362 bits per heavy atom. The zero-order valence-corrected chi connectivity index (χ0v) is 27.0. The van der Waals surface area contributed by atoms with Crippen molar-refractivity contribution >= 4 is 102 Å². The molecule has 3 heteroatoms. The third kappa shape index (κ3) is 4.21. The first-order valence-electron chi connectivity index (χ1n) is 15.9. The van der Waals surface area contributed by atoms with Gasteiger partial charge in [-0.25, -0.2) is 0 Å². The minimum atomic E-state index is 1.14. The second-order valence-corrected chi connectivity index (χ2v) is 14.2. The van der Waals surface area contributed by atoms with Crippen LogP contribution in [0.1, 0.15) is 0 Å². The van der Waals surface area contributed by atoms with Gasteiger partial charge in [-0.2, -0.15) is 0 Å². The summed E-state index contributed by atoms with van der Waals surface area (Å²) in [6.07, 6.45) is 0. The first-order chi connectivity index (χ1) is 23.3. The van der Waals surface area contributed by atoms with Gasteiger partial charge < -0.3 is 4.90 Å². The zero-order valence-electron chi connectivity index (χ0n) is 25.4. The molecule has 1 nitrogen and oxygen atoms in total. The monoisotopic (exact) mass is 633 g/mol. The van der Waals surface area contributed by atoms with E-state index in [0.717, 1.165) is 11.4 Å². The molecule has 0 amide bonds. The molecule has 0 atom stereocenters. The van der Waals surface area contributed by atoms with Gasteiger partial charge >= 0.3 is 0 Å². The van der Waals surface area contributed by atoms with Gasteiger partial charge in [0.05, 0.1) is 5.69 Å². The van der Waals surface area contributed by atoms with Crippen molar-refractivity contribution in [2.45, 2.75) is 0 Å². The van der Waals surface area contributed by atoms with Crippen LogP contribution in [0.4, 0.5) is 17.1 Å². The fourth-order valence-corrected chi connectivity index (χ4v) is 9.75. The van der Waals surface area contributed by atoms with Crippen LogP contribution in [0, 0.1) is 0 Å². The summed E-state index contributed by atoms with van der Waals surface area (Å²) in [5, 5.41) is 10.5. The van der Waals surface area contributed by atoms with Gasteiger partial charge in [0.25, 0.3) is 0 Å². The lowest BCUT2D eigenvalue weighted by molar-refractivity contribution is 1.30. The van der Waals surface area contributed by atoms with Crippen LogP contribution in [-0.4, -0.2) is 0 Å². The smallest absolute Gasteiger partial charge is 0.0540 e. The van der Waals surface area contributed by atoms with Crippen LogP contribution in [-0.2, 0) is 0 Å². The van der Waals surface area contributed by atoms with Crippen molar-refractivity contribution in [3.8, 4) is 11.1 Å². The van der Waals surface area contributed by atoms with Gasteiger partial charge in [0, 0.05) is 57.1 Å².